The zero-order valence-electron chi connectivity index (χ0n) is 18.0. The summed E-state index contributed by atoms with van der Waals surface area (Å²) in [5, 5.41) is 14.1. The molecule has 1 aromatic carbocycles. The number of ether oxygens (including phenoxy) is 1. The Labute approximate surface area is 184 Å². The van der Waals surface area contributed by atoms with Crippen LogP contribution in [0.5, 0.6) is 0 Å². The van der Waals surface area contributed by atoms with Crippen LogP contribution >= 0.6 is 0 Å². The highest BCUT2D eigenvalue weighted by Crippen LogP contribution is 2.20. The third-order valence-corrected chi connectivity index (χ3v) is 5.68. The first-order valence-corrected chi connectivity index (χ1v) is 10.6. The molecule has 0 amide bonds. The number of hydrogen-bond donors (Lipinski definition) is 0. The molecule has 9 heteroatoms. The molecule has 9 nitrogen and oxygen atoms in total. The van der Waals surface area contributed by atoms with Crippen molar-refractivity contribution < 1.29 is 4.74 Å². The Morgan fingerprint density at radius 2 is 1.91 bits per heavy atom. The molecule has 0 N–H and O–H groups in total. The van der Waals surface area contributed by atoms with Crippen LogP contribution in [0.25, 0.3) is 16.7 Å². The van der Waals surface area contributed by atoms with Crippen molar-refractivity contribution in [3.05, 3.63) is 70.0 Å². The predicted octanol–water partition coefficient (Wildman–Crippen LogP) is 1.97. The van der Waals surface area contributed by atoms with E-state index in [1.165, 1.54) is 10.8 Å². The molecule has 2 atom stereocenters. The number of fused-ring (bicyclic) bond motifs is 3. The Morgan fingerprint density at radius 1 is 1.09 bits per heavy atom. The SMILES string of the molecule is C[C@@H]1CN(Cc2cnc3c(c2)c2ncnn2c(=O)n3Cc2cccc(C#N)c2)C[C@H](C)O1. The Kier molecular flexibility index (Phi) is 5.17. The molecule has 1 aliphatic rings. The lowest BCUT2D eigenvalue weighted by Crippen LogP contribution is -2.44. The Hall–Kier alpha value is -3.61. The van der Waals surface area contributed by atoms with Crippen LogP contribution < -0.4 is 5.69 Å². The fraction of sp³-hybridized carbons (Fsp3) is 0.348. The molecule has 0 spiro atoms. The number of pyridine rings is 1. The van der Waals surface area contributed by atoms with E-state index < -0.39 is 0 Å². The smallest absolute Gasteiger partial charge is 0.352 e. The molecule has 1 saturated heterocycles. The highest BCUT2D eigenvalue weighted by atomic mass is 16.5. The minimum Gasteiger partial charge on any atom is -0.373 e. The molecule has 0 aliphatic carbocycles. The molecular weight excluding hydrogens is 406 g/mol. The largest absolute Gasteiger partial charge is 0.373 e. The van der Waals surface area contributed by atoms with E-state index in [1.54, 1.807) is 16.7 Å². The molecule has 0 saturated carbocycles. The molecule has 3 aromatic heterocycles. The summed E-state index contributed by atoms with van der Waals surface area (Å²) < 4.78 is 8.72. The van der Waals surface area contributed by atoms with Gasteiger partial charge in [-0.3, -0.25) is 9.47 Å². The standard InChI is InChI=1S/C23H23N7O2/c1-15-10-28(11-16(2)32-15)12-19-7-20-21(25-9-19)29(23(31)30-22(20)26-14-27-30)13-18-5-3-4-17(6-18)8-24/h3-7,9,14-16H,10-13H2,1-2H3/t15-,16+. The maximum Gasteiger partial charge on any atom is 0.352 e. The van der Waals surface area contributed by atoms with Crippen molar-refractivity contribution in [3.63, 3.8) is 0 Å². The van der Waals surface area contributed by atoms with Crippen LogP contribution in [0.4, 0.5) is 0 Å². The first-order chi connectivity index (χ1) is 15.5. The third-order valence-electron chi connectivity index (χ3n) is 5.68. The van der Waals surface area contributed by atoms with Crippen molar-refractivity contribution in [1.29, 1.82) is 5.26 Å². The maximum absolute atomic E-state index is 13.1. The minimum atomic E-state index is -0.316. The van der Waals surface area contributed by atoms with Gasteiger partial charge in [0.2, 0.25) is 0 Å². The summed E-state index contributed by atoms with van der Waals surface area (Å²) in [7, 11) is 0. The lowest BCUT2D eigenvalue weighted by atomic mass is 10.1. The monoisotopic (exact) mass is 429 g/mol. The van der Waals surface area contributed by atoms with E-state index in [-0.39, 0.29) is 24.4 Å². The second-order valence-electron chi connectivity index (χ2n) is 8.34. The summed E-state index contributed by atoms with van der Waals surface area (Å²) >= 11 is 0. The number of nitrogens with zero attached hydrogens (tertiary/aromatic N) is 7. The summed E-state index contributed by atoms with van der Waals surface area (Å²) in [6, 6.07) is 11.4. The van der Waals surface area contributed by atoms with Gasteiger partial charge in [0.1, 0.15) is 12.0 Å². The van der Waals surface area contributed by atoms with Gasteiger partial charge in [-0.1, -0.05) is 12.1 Å². The normalized spacial score (nSPS) is 19.4. The van der Waals surface area contributed by atoms with Gasteiger partial charge in [-0.25, -0.2) is 14.8 Å². The lowest BCUT2D eigenvalue weighted by Gasteiger charge is -2.35. The van der Waals surface area contributed by atoms with Crippen molar-refractivity contribution in [2.75, 3.05) is 13.1 Å². The highest BCUT2D eigenvalue weighted by Gasteiger charge is 2.23. The lowest BCUT2D eigenvalue weighted by molar-refractivity contribution is -0.0705. The van der Waals surface area contributed by atoms with Crippen molar-refractivity contribution in [3.8, 4) is 6.07 Å². The summed E-state index contributed by atoms with van der Waals surface area (Å²) in [4.78, 5) is 24.5. The molecule has 4 heterocycles. The molecule has 0 bridgehead atoms. The number of hydrogen-bond acceptors (Lipinski definition) is 7. The van der Waals surface area contributed by atoms with Gasteiger partial charge in [-0.05, 0) is 43.2 Å². The number of benzene rings is 1. The third kappa shape index (κ3) is 3.75. The van der Waals surface area contributed by atoms with Gasteiger partial charge in [-0.2, -0.15) is 14.9 Å². The van der Waals surface area contributed by atoms with Crippen LogP contribution in [-0.4, -0.2) is 54.3 Å². The molecule has 0 unspecified atom stereocenters. The van der Waals surface area contributed by atoms with Gasteiger partial charge in [0.15, 0.2) is 5.65 Å². The Bertz CT molecular complexity index is 1390. The minimum absolute atomic E-state index is 0.185. The molecule has 1 aliphatic heterocycles. The van der Waals surface area contributed by atoms with E-state index in [9.17, 15) is 10.1 Å². The van der Waals surface area contributed by atoms with Crippen molar-refractivity contribution in [2.24, 2.45) is 0 Å². The van der Waals surface area contributed by atoms with Gasteiger partial charge in [0.05, 0.1) is 35.8 Å². The van der Waals surface area contributed by atoms with E-state index in [1.807, 2.05) is 24.4 Å². The Balaban J connectivity index is 1.58. The number of nitriles is 1. The summed E-state index contributed by atoms with van der Waals surface area (Å²) in [5.41, 5.74) is 3.15. The Morgan fingerprint density at radius 3 is 2.69 bits per heavy atom. The summed E-state index contributed by atoms with van der Waals surface area (Å²) in [5.74, 6) is 0. The van der Waals surface area contributed by atoms with Crippen LogP contribution in [0.1, 0.15) is 30.5 Å². The second-order valence-corrected chi connectivity index (χ2v) is 8.34. The zero-order chi connectivity index (χ0) is 22.2. The first kappa shape index (κ1) is 20.3. The van der Waals surface area contributed by atoms with Crippen LogP contribution in [-0.2, 0) is 17.8 Å². The van der Waals surface area contributed by atoms with E-state index in [0.717, 1.165) is 36.1 Å². The van der Waals surface area contributed by atoms with Gasteiger partial charge in [-0.15, -0.1) is 0 Å². The molecule has 4 aromatic rings. The first-order valence-electron chi connectivity index (χ1n) is 10.6. The number of aromatic nitrogens is 5. The van der Waals surface area contributed by atoms with Crippen molar-refractivity contribution in [2.45, 2.75) is 39.1 Å². The molecule has 1 fully saturated rings. The zero-order valence-corrected chi connectivity index (χ0v) is 18.0. The average molecular weight is 429 g/mol. The topological polar surface area (TPSA) is 101 Å². The fourth-order valence-electron chi connectivity index (χ4n) is 4.47. The second kappa shape index (κ2) is 8.15. The fourth-order valence-corrected chi connectivity index (χ4v) is 4.47. The maximum atomic E-state index is 13.1. The molecule has 32 heavy (non-hydrogen) atoms. The van der Waals surface area contributed by atoms with E-state index in [2.05, 4.69) is 39.9 Å². The van der Waals surface area contributed by atoms with E-state index in [0.29, 0.717) is 16.9 Å². The van der Waals surface area contributed by atoms with Crippen molar-refractivity contribution in [1.82, 2.24) is 29.0 Å². The molecule has 162 valence electrons. The van der Waals surface area contributed by atoms with Crippen LogP contribution in [0.15, 0.2) is 47.7 Å². The molecule has 0 radical (unpaired) electrons. The quantitative estimate of drug-likeness (QED) is 0.489. The van der Waals surface area contributed by atoms with Gasteiger partial charge < -0.3 is 4.74 Å². The molecular formula is C23H23N7O2. The number of morpholine rings is 1. The predicted molar refractivity (Wildman–Crippen MR) is 118 cm³/mol. The van der Waals surface area contributed by atoms with E-state index in [4.69, 9.17) is 4.74 Å². The highest BCUT2D eigenvalue weighted by molar-refractivity contribution is 5.89. The van der Waals surface area contributed by atoms with Gasteiger partial charge >= 0.3 is 5.69 Å². The summed E-state index contributed by atoms with van der Waals surface area (Å²) in [6.45, 7) is 6.91. The van der Waals surface area contributed by atoms with Gasteiger partial charge in [0, 0.05) is 25.8 Å². The van der Waals surface area contributed by atoms with Gasteiger partial charge in [0.25, 0.3) is 0 Å². The average Bonchev–Trinajstić information content (AvgIpc) is 3.27. The van der Waals surface area contributed by atoms with Crippen LogP contribution in [0.3, 0.4) is 0 Å². The van der Waals surface area contributed by atoms with Crippen molar-refractivity contribution >= 4 is 16.7 Å². The van der Waals surface area contributed by atoms with Crippen LogP contribution in [0, 0.1) is 11.3 Å². The molecule has 5 rings (SSSR count). The number of rotatable bonds is 4. The van der Waals surface area contributed by atoms with E-state index >= 15 is 0 Å². The summed E-state index contributed by atoms with van der Waals surface area (Å²) in [6.07, 6.45) is 3.57. The van der Waals surface area contributed by atoms with Crippen LogP contribution in [0.2, 0.25) is 0 Å².